The van der Waals surface area contributed by atoms with Gasteiger partial charge in [0.2, 0.25) is 0 Å². The fourth-order valence-corrected chi connectivity index (χ4v) is 3.10. The molecule has 106 valence electrons. The summed E-state index contributed by atoms with van der Waals surface area (Å²) in [6.45, 7) is -0.299. The number of anilines is 1. The van der Waals surface area contributed by atoms with Crippen LogP contribution < -0.4 is 5.73 Å². The van der Waals surface area contributed by atoms with Crippen LogP contribution in [-0.2, 0) is 0 Å². The number of rotatable bonds is 2. The number of halogens is 1. The minimum atomic E-state index is -1.08. The number of hydrogen-bond acceptors (Lipinski definition) is 6. The Morgan fingerprint density at radius 1 is 1.35 bits per heavy atom. The highest BCUT2D eigenvalue weighted by Crippen LogP contribution is 2.36. The highest BCUT2D eigenvalue weighted by molar-refractivity contribution is 9.10. The van der Waals surface area contributed by atoms with E-state index in [-0.39, 0.29) is 6.61 Å². The summed E-state index contributed by atoms with van der Waals surface area (Å²) in [6, 6.07) is -0.518. The van der Waals surface area contributed by atoms with Gasteiger partial charge in [0.25, 0.3) is 0 Å². The first-order valence-corrected chi connectivity index (χ1v) is 6.78. The van der Waals surface area contributed by atoms with Crippen LogP contribution in [0.25, 0.3) is 11.0 Å². The highest BCUT2D eigenvalue weighted by atomic mass is 79.9. The maximum absolute atomic E-state index is 10.1. The summed E-state index contributed by atoms with van der Waals surface area (Å²) in [6.07, 6.45) is 2.58. The molecule has 8 heteroatoms. The molecule has 7 nitrogen and oxygen atoms in total. The summed E-state index contributed by atoms with van der Waals surface area (Å²) in [4.78, 5) is 8.10. The van der Waals surface area contributed by atoms with Crippen LogP contribution >= 0.6 is 15.9 Å². The number of hydrogen-bond donors (Lipinski definition) is 4. The first-order chi connectivity index (χ1) is 9.54. The van der Waals surface area contributed by atoms with Crippen molar-refractivity contribution in [2.75, 3.05) is 12.3 Å². The number of fused-ring (bicyclic) bond motifs is 1. The maximum atomic E-state index is 10.1. The Kier molecular flexibility index (Phi) is 3.25. The molecule has 5 N–H and O–H groups in total. The number of aliphatic hydroxyl groups is 3. The lowest BCUT2D eigenvalue weighted by Crippen LogP contribution is -2.30. The van der Waals surface area contributed by atoms with E-state index >= 15 is 0 Å². The molecule has 0 bridgehead atoms. The molecule has 1 aliphatic rings. The maximum Gasteiger partial charge on any atom is 0.147 e. The van der Waals surface area contributed by atoms with Gasteiger partial charge >= 0.3 is 0 Å². The van der Waals surface area contributed by atoms with Crippen molar-refractivity contribution in [2.24, 2.45) is 0 Å². The van der Waals surface area contributed by atoms with E-state index in [1.54, 1.807) is 16.8 Å². The zero-order valence-electron chi connectivity index (χ0n) is 10.3. The van der Waals surface area contributed by atoms with Crippen molar-refractivity contribution in [2.45, 2.75) is 18.2 Å². The van der Waals surface area contributed by atoms with E-state index < -0.39 is 18.2 Å². The van der Waals surface area contributed by atoms with Crippen molar-refractivity contribution in [3.8, 4) is 0 Å². The third-order valence-electron chi connectivity index (χ3n) is 3.53. The van der Waals surface area contributed by atoms with Gasteiger partial charge in [0.05, 0.1) is 18.0 Å². The van der Waals surface area contributed by atoms with Gasteiger partial charge in [-0.3, -0.25) is 0 Å². The molecule has 0 radical (unpaired) electrons. The van der Waals surface area contributed by atoms with Crippen LogP contribution in [0, 0.1) is 0 Å². The topological polar surface area (TPSA) is 117 Å². The van der Waals surface area contributed by atoms with E-state index in [0.29, 0.717) is 26.9 Å². The minimum absolute atomic E-state index is 0.299. The number of aliphatic hydroxyl groups excluding tert-OH is 3. The second-order valence-corrected chi connectivity index (χ2v) is 5.52. The number of nitrogens with two attached hydrogens (primary N) is 1. The molecule has 0 spiro atoms. The van der Waals surface area contributed by atoms with Gasteiger partial charge in [0.15, 0.2) is 0 Å². The fraction of sp³-hybridized carbons (Fsp3) is 0.333. The van der Waals surface area contributed by atoms with E-state index in [1.807, 2.05) is 0 Å². The Balaban J connectivity index is 2.17. The second kappa shape index (κ2) is 4.81. The van der Waals surface area contributed by atoms with Gasteiger partial charge < -0.3 is 25.6 Å². The molecule has 0 aliphatic heterocycles. The Morgan fingerprint density at radius 3 is 2.75 bits per heavy atom. The molecule has 0 unspecified atom stereocenters. The molecule has 2 heterocycles. The van der Waals surface area contributed by atoms with Gasteiger partial charge in [-0.2, -0.15) is 0 Å². The lowest BCUT2D eigenvalue weighted by molar-refractivity contribution is 0.0288. The van der Waals surface area contributed by atoms with Crippen molar-refractivity contribution >= 4 is 32.8 Å². The van der Waals surface area contributed by atoms with Crippen LogP contribution in [0.1, 0.15) is 6.04 Å². The third-order valence-corrected chi connectivity index (χ3v) is 4.14. The molecule has 0 fully saturated rings. The molecule has 3 atom stereocenters. The molecule has 2 aromatic rings. The summed E-state index contributed by atoms with van der Waals surface area (Å²) in [5, 5.41) is 29.8. The number of nitrogens with zero attached hydrogens (tertiary/aromatic N) is 3. The van der Waals surface area contributed by atoms with E-state index in [1.165, 1.54) is 6.33 Å². The van der Waals surface area contributed by atoms with Crippen molar-refractivity contribution in [1.29, 1.82) is 0 Å². The van der Waals surface area contributed by atoms with E-state index in [9.17, 15) is 15.3 Å². The largest absolute Gasteiger partial charge is 0.392 e. The first-order valence-electron chi connectivity index (χ1n) is 5.98. The predicted molar refractivity (Wildman–Crippen MR) is 75.9 cm³/mol. The first kappa shape index (κ1) is 13.5. The minimum Gasteiger partial charge on any atom is -0.392 e. The number of aromatic nitrogens is 3. The Bertz CT molecular complexity index is 699. The SMILES string of the molecule is Nc1ncnc2c1c(Br)cn2[C@@H]1C=C(CO)[C@@H](O)[C@H]1O. The summed E-state index contributed by atoms with van der Waals surface area (Å²) >= 11 is 3.39. The lowest BCUT2D eigenvalue weighted by atomic mass is 10.1. The van der Waals surface area contributed by atoms with Crippen LogP contribution in [0.4, 0.5) is 5.82 Å². The average molecular weight is 341 g/mol. The summed E-state index contributed by atoms with van der Waals surface area (Å²) < 4.78 is 2.41. The third kappa shape index (κ3) is 1.84. The molecule has 0 aromatic carbocycles. The molecule has 3 rings (SSSR count). The van der Waals surface area contributed by atoms with Crippen LogP contribution in [0.15, 0.2) is 28.6 Å². The van der Waals surface area contributed by atoms with Crippen molar-refractivity contribution < 1.29 is 15.3 Å². The van der Waals surface area contributed by atoms with Crippen molar-refractivity contribution in [3.05, 3.63) is 28.6 Å². The standard InChI is InChI=1S/C12H13BrN4O3/c13-6-2-17(12-8(6)11(14)15-4-16-12)7-1-5(3-18)9(19)10(7)20/h1-2,4,7,9-10,18-20H,3H2,(H2,14,15,16)/t7-,9-,10+/m1/s1. The summed E-state index contributed by atoms with van der Waals surface area (Å²) in [7, 11) is 0. The fourth-order valence-electron chi connectivity index (χ4n) is 2.50. The summed E-state index contributed by atoms with van der Waals surface area (Å²) in [5.41, 5.74) is 6.77. The molecular formula is C12H13BrN4O3. The van der Waals surface area contributed by atoms with Gasteiger partial charge in [-0.05, 0) is 21.5 Å². The van der Waals surface area contributed by atoms with Gasteiger partial charge in [-0.25, -0.2) is 9.97 Å². The van der Waals surface area contributed by atoms with Gasteiger partial charge in [-0.1, -0.05) is 6.08 Å². The summed E-state index contributed by atoms with van der Waals surface area (Å²) in [5.74, 6) is 0.333. The van der Waals surface area contributed by atoms with Crippen molar-refractivity contribution in [3.63, 3.8) is 0 Å². The number of nitrogen functional groups attached to an aromatic ring is 1. The van der Waals surface area contributed by atoms with E-state index in [4.69, 9.17) is 5.73 Å². The molecule has 2 aromatic heterocycles. The van der Waals surface area contributed by atoms with Crippen LogP contribution in [-0.4, -0.2) is 48.7 Å². The molecule has 0 saturated carbocycles. The van der Waals surface area contributed by atoms with Crippen molar-refractivity contribution in [1.82, 2.24) is 14.5 Å². The smallest absolute Gasteiger partial charge is 0.147 e. The van der Waals surface area contributed by atoms with Gasteiger partial charge in [0, 0.05) is 10.7 Å². The Labute approximate surface area is 122 Å². The predicted octanol–water partition coefficient (Wildman–Crippen LogP) is -0.0288. The quantitative estimate of drug-likeness (QED) is 0.570. The van der Waals surface area contributed by atoms with Crippen LogP contribution in [0.5, 0.6) is 0 Å². The highest BCUT2D eigenvalue weighted by Gasteiger charge is 2.36. The van der Waals surface area contributed by atoms with Crippen LogP contribution in [0.2, 0.25) is 0 Å². The van der Waals surface area contributed by atoms with E-state index in [0.717, 1.165) is 0 Å². The average Bonchev–Trinajstić information content (AvgIpc) is 2.90. The Hall–Kier alpha value is -1.48. The zero-order chi connectivity index (χ0) is 14.4. The Morgan fingerprint density at radius 2 is 2.10 bits per heavy atom. The molecule has 0 amide bonds. The normalized spacial score (nSPS) is 26.2. The molecule has 0 saturated heterocycles. The monoisotopic (exact) mass is 340 g/mol. The molecule has 1 aliphatic carbocycles. The lowest BCUT2D eigenvalue weighted by Gasteiger charge is -2.19. The molecule has 20 heavy (non-hydrogen) atoms. The van der Waals surface area contributed by atoms with E-state index in [2.05, 4.69) is 25.9 Å². The van der Waals surface area contributed by atoms with Gasteiger partial charge in [0.1, 0.15) is 30.0 Å². The van der Waals surface area contributed by atoms with Gasteiger partial charge in [-0.15, -0.1) is 0 Å². The zero-order valence-corrected chi connectivity index (χ0v) is 11.9. The second-order valence-electron chi connectivity index (χ2n) is 4.67. The van der Waals surface area contributed by atoms with Crippen LogP contribution in [0.3, 0.4) is 0 Å². The molecular weight excluding hydrogens is 328 g/mol.